The molecule has 0 radical (unpaired) electrons. The van der Waals surface area contributed by atoms with Gasteiger partial charge in [-0.2, -0.15) is 0 Å². The predicted molar refractivity (Wildman–Crippen MR) is 70.9 cm³/mol. The third-order valence-electron chi connectivity index (χ3n) is 2.27. The van der Waals surface area contributed by atoms with Crippen LogP contribution in [0.2, 0.25) is 5.02 Å². The Morgan fingerprint density at radius 1 is 1.41 bits per heavy atom. The molecule has 1 heterocycles. The van der Waals surface area contributed by atoms with Crippen LogP contribution < -0.4 is 5.32 Å². The van der Waals surface area contributed by atoms with Gasteiger partial charge in [0, 0.05) is 16.0 Å². The molecule has 0 aliphatic rings. The lowest BCUT2D eigenvalue weighted by atomic mass is 10.2. The summed E-state index contributed by atoms with van der Waals surface area (Å²) in [5.41, 5.74) is 1.05. The molecular weight excluding hydrogens is 304 g/mol. The molecule has 2 rings (SSSR count). The average Bonchev–Trinajstić information content (AvgIpc) is 2.69. The summed E-state index contributed by atoms with van der Waals surface area (Å²) in [6, 6.07) is 5.79. The summed E-state index contributed by atoms with van der Waals surface area (Å²) in [6.07, 6.45) is 1.71. The molecule has 0 aliphatic carbocycles. The molecule has 0 atom stereocenters. The SMILES string of the molecule is Cc1cnc(CNCc2cc(Br)ccc2Cl)o1. The van der Waals surface area contributed by atoms with Crippen LogP contribution in [-0.4, -0.2) is 4.98 Å². The molecule has 0 saturated heterocycles. The second kappa shape index (κ2) is 5.67. The van der Waals surface area contributed by atoms with E-state index in [1.54, 1.807) is 6.20 Å². The molecule has 0 aliphatic heterocycles. The van der Waals surface area contributed by atoms with Crippen molar-refractivity contribution in [3.05, 3.63) is 51.1 Å². The molecule has 1 aromatic carbocycles. The highest BCUT2D eigenvalue weighted by molar-refractivity contribution is 9.10. The summed E-state index contributed by atoms with van der Waals surface area (Å²) in [6.45, 7) is 3.15. The molecule has 2 aromatic rings. The third-order valence-corrected chi connectivity index (χ3v) is 3.13. The fourth-order valence-corrected chi connectivity index (χ4v) is 2.06. The summed E-state index contributed by atoms with van der Waals surface area (Å²) in [4.78, 5) is 4.12. The first kappa shape index (κ1) is 12.6. The maximum Gasteiger partial charge on any atom is 0.208 e. The highest BCUT2D eigenvalue weighted by Crippen LogP contribution is 2.20. The molecule has 0 amide bonds. The lowest BCUT2D eigenvalue weighted by molar-refractivity contribution is 0.449. The Bertz CT molecular complexity index is 513. The van der Waals surface area contributed by atoms with Crippen molar-refractivity contribution in [3.63, 3.8) is 0 Å². The first-order chi connectivity index (χ1) is 8.15. The molecular formula is C12H12BrClN2O. The normalized spacial score (nSPS) is 10.8. The van der Waals surface area contributed by atoms with Crippen LogP contribution in [-0.2, 0) is 13.1 Å². The molecule has 0 spiro atoms. The largest absolute Gasteiger partial charge is 0.445 e. The number of halogens is 2. The molecule has 17 heavy (non-hydrogen) atoms. The zero-order valence-electron chi connectivity index (χ0n) is 9.34. The quantitative estimate of drug-likeness (QED) is 0.935. The smallest absolute Gasteiger partial charge is 0.208 e. The van der Waals surface area contributed by atoms with Crippen LogP contribution in [0.5, 0.6) is 0 Å². The van der Waals surface area contributed by atoms with E-state index in [9.17, 15) is 0 Å². The van der Waals surface area contributed by atoms with E-state index in [0.29, 0.717) is 19.0 Å². The number of nitrogens with zero attached hydrogens (tertiary/aromatic N) is 1. The number of rotatable bonds is 4. The second-order valence-corrected chi connectivity index (χ2v) is 5.03. The molecule has 0 unspecified atom stereocenters. The molecule has 0 bridgehead atoms. The molecule has 90 valence electrons. The minimum absolute atomic E-state index is 0.594. The van der Waals surface area contributed by atoms with Crippen LogP contribution in [0.25, 0.3) is 0 Å². The van der Waals surface area contributed by atoms with Gasteiger partial charge in [0.1, 0.15) is 5.76 Å². The third kappa shape index (κ3) is 3.56. The zero-order valence-corrected chi connectivity index (χ0v) is 11.7. The van der Waals surface area contributed by atoms with Crippen molar-refractivity contribution in [3.8, 4) is 0 Å². The van der Waals surface area contributed by atoms with Gasteiger partial charge >= 0.3 is 0 Å². The van der Waals surface area contributed by atoms with Crippen molar-refractivity contribution in [1.29, 1.82) is 0 Å². The van der Waals surface area contributed by atoms with Gasteiger partial charge in [0.2, 0.25) is 5.89 Å². The number of benzene rings is 1. The topological polar surface area (TPSA) is 38.1 Å². The number of hydrogen-bond acceptors (Lipinski definition) is 3. The lowest BCUT2D eigenvalue weighted by Crippen LogP contribution is -2.13. The minimum atomic E-state index is 0.594. The molecule has 0 saturated carbocycles. The monoisotopic (exact) mass is 314 g/mol. The highest BCUT2D eigenvalue weighted by Gasteiger charge is 2.03. The first-order valence-corrected chi connectivity index (χ1v) is 6.38. The fraction of sp³-hybridized carbons (Fsp3) is 0.250. The van der Waals surface area contributed by atoms with Crippen LogP contribution in [0.3, 0.4) is 0 Å². The van der Waals surface area contributed by atoms with Crippen molar-refractivity contribution in [2.75, 3.05) is 0 Å². The van der Waals surface area contributed by atoms with E-state index < -0.39 is 0 Å². The summed E-state index contributed by atoms with van der Waals surface area (Å²) >= 11 is 9.50. The van der Waals surface area contributed by atoms with Gasteiger partial charge in [0.05, 0.1) is 12.7 Å². The van der Waals surface area contributed by atoms with Gasteiger partial charge in [-0.15, -0.1) is 0 Å². The maximum atomic E-state index is 6.08. The number of aryl methyl sites for hydroxylation is 1. The Kier molecular flexibility index (Phi) is 4.20. The Hall–Kier alpha value is -0.840. The van der Waals surface area contributed by atoms with Crippen molar-refractivity contribution in [1.82, 2.24) is 10.3 Å². The fourth-order valence-electron chi connectivity index (χ4n) is 1.47. The van der Waals surface area contributed by atoms with E-state index in [0.717, 1.165) is 20.8 Å². The number of oxazole rings is 1. The summed E-state index contributed by atoms with van der Waals surface area (Å²) < 4.78 is 6.38. The Morgan fingerprint density at radius 3 is 2.94 bits per heavy atom. The number of hydrogen-bond donors (Lipinski definition) is 1. The predicted octanol–water partition coefficient (Wildman–Crippen LogP) is 3.69. The molecule has 1 aromatic heterocycles. The summed E-state index contributed by atoms with van der Waals surface area (Å²) in [5, 5.41) is 3.99. The molecule has 1 N–H and O–H groups in total. The van der Waals surface area contributed by atoms with Gasteiger partial charge in [-0.25, -0.2) is 4.98 Å². The molecule has 0 fully saturated rings. The zero-order chi connectivity index (χ0) is 12.3. The van der Waals surface area contributed by atoms with E-state index in [1.165, 1.54) is 0 Å². The van der Waals surface area contributed by atoms with Crippen molar-refractivity contribution < 1.29 is 4.42 Å². The minimum Gasteiger partial charge on any atom is -0.445 e. The van der Waals surface area contributed by atoms with Gasteiger partial charge in [-0.1, -0.05) is 27.5 Å². The van der Waals surface area contributed by atoms with Gasteiger partial charge in [0.25, 0.3) is 0 Å². The molecule has 3 nitrogen and oxygen atoms in total. The number of aromatic nitrogens is 1. The van der Waals surface area contributed by atoms with E-state index >= 15 is 0 Å². The second-order valence-electron chi connectivity index (χ2n) is 3.70. The Labute approximate surface area is 113 Å². The van der Waals surface area contributed by atoms with Crippen molar-refractivity contribution >= 4 is 27.5 Å². The highest BCUT2D eigenvalue weighted by atomic mass is 79.9. The van der Waals surface area contributed by atoms with Crippen LogP contribution >= 0.6 is 27.5 Å². The van der Waals surface area contributed by atoms with Crippen LogP contribution in [0.1, 0.15) is 17.2 Å². The van der Waals surface area contributed by atoms with E-state index in [4.69, 9.17) is 16.0 Å². The van der Waals surface area contributed by atoms with Gasteiger partial charge < -0.3 is 9.73 Å². The molecule has 5 heteroatoms. The average molecular weight is 316 g/mol. The van der Waals surface area contributed by atoms with Crippen molar-refractivity contribution in [2.45, 2.75) is 20.0 Å². The van der Waals surface area contributed by atoms with Gasteiger partial charge in [0.15, 0.2) is 0 Å². The Morgan fingerprint density at radius 2 is 2.24 bits per heavy atom. The Balaban J connectivity index is 1.91. The van der Waals surface area contributed by atoms with E-state index in [1.807, 2.05) is 25.1 Å². The lowest BCUT2D eigenvalue weighted by Gasteiger charge is -2.05. The van der Waals surface area contributed by atoms with Gasteiger partial charge in [-0.05, 0) is 30.7 Å². The standard InChI is InChI=1S/C12H12BrClN2O/c1-8-5-16-12(17-8)7-15-6-9-4-10(13)2-3-11(9)14/h2-5,15H,6-7H2,1H3. The van der Waals surface area contributed by atoms with Crippen LogP contribution in [0.15, 0.2) is 33.3 Å². The van der Waals surface area contributed by atoms with E-state index in [2.05, 4.69) is 26.2 Å². The van der Waals surface area contributed by atoms with Gasteiger partial charge in [-0.3, -0.25) is 0 Å². The first-order valence-electron chi connectivity index (χ1n) is 5.21. The maximum absolute atomic E-state index is 6.08. The summed E-state index contributed by atoms with van der Waals surface area (Å²) in [5.74, 6) is 1.51. The number of nitrogens with one attached hydrogen (secondary N) is 1. The van der Waals surface area contributed by atoms with Crippen LogP contribution in [0, 0.1) is 6.92 Å². The van der Waals surface area contributed by atoms with E-state index in [-0.39, 0.29) is 0 Å². The van der Waals surface area contributed by atoms with Crippen molar-refractivity contribution in [2.24, 2.45) is 0 Å². The van der Waals surface area contributed by atoms with Crippen LogP contribution in [0.4, 0.5) is 0 Å². The summed E-state index contributed by atoms with van der Waals surface area (Å²) in [7, 11) is 0.